The molecule has 0 aliphatic heterocycles. The highest BCUT2D eigenvalue weighted by Crippen LogP contribution is 2.25. The lowest BCUT2D eigenvalue weighted by atomic mass is 10.1. The van der Waals surface area contributed by atoms with Gasteiger partial charge in [0, 0.05) is 23.4 Å². The second-order valence-corrected chi connectivity index (χ2v) is 6.96. The van der Waals surface area contributed by atoms with Gasteiger partial charge in [-0.25, -0.2) is 0 Å². The Morgan fingerprint density at radius 2 is 1.58 bits per heavy atom. The number of fused-ring (bicyclic) bond motifs is 1. The molecule has 4 aromatic carbocycles. The number of rotatable bonds is 7. The van der Waals surface area contributed by atoms with Gasteiger partial charge in [0.2, 0.25) is 0 Å². The summed E-state index contributed by atoms with van der Waals surface area (Å²) in [5, 5.41) is 13.2. The average Bonchev–Trinajstić information content (AvgIpc) is 2.82. The summed E-state index contributed by atoms with van der Waals surface area (Å²) in [4.78, 5) is 25.6. The Kier molecular flexibility index (Phi) is 5.89. The number of carbonyl (C=O) groups is 1. The summed E-state index contributed by atoms with van der Waals surface area (Å²) in [5.41, 5.74) is 0.832. The Bertz CT molecular complexity index is 1220. The summed E-state index contributed by atoms with van der Waals surface area (Å²) in [6.45, 7) is 0.562. The molecule has 0 N–H and O–H groups in total. The number of nitro benzene ring substituents is 1. The van der Waals surface area contributed by atoms with E-state index in [2.05, 4.69) is 0 Å². The van der Waals surface area contributed by atoms with Gasteiger partial charge in [-0.3, -0.25) is 14.9 Å². The number of carbonyl (C=O) groups excluding carboxylic acids is 1. The van der Waals surface area contributed by atoms with E-state index < -0.39 is 4.92 Å². The van der Waals surface area contributed by atoms with Crippen LogP contribution in [0.5, 0.6) is 5.75 Å². The minimum atomic E-state index is -0.504. The van der Waals surface area contributed by atoms with E-state index in [1.54, 1.807) is 11.0 Å². The molecule has 0 atom stereocenters. The van der Waals surface area contributed by atoms with E-state index in [1.807, 2.05) is 72.8 Å². The van der Waals surface area contributed by atoms with Crippen LogP contribution in [0.15, 0.2) is 97.1 Å². The molecule has 0 heterocycles. The zero-order chi connectivity index (χ0) is 21.6. The molecule has 0 aliphatic carbocycles. The number of benzene rings is 4. The second kappa shape index (κ2) is 9.09. The molecule has 4 aromatic rings. The van der Waals surface area contributed by atoms with Crippen LogP contribution in [0, 0.1) is 10.1 Å². The first-order valence-corrected chi connectivity index (χ1v) is 9.85. The second-order valence-electron chi connectivity index (χ2n) is 6.96. The fourth-order valence-corrected chi connectivity index (χ4v) is 3.37. The quantitative estimate of drug-likeness (QED) is 0.298. The number of para-hydroxylation sites is 1. The lowest BCUT2D eigenvalue weighted by molar-refractivity contribution is -0.384. The van der Waals surface area contributed by atoms with Crippen molar-refractivity contribution in [1.82, 2.24) is 0 Å². The molecule has 0 radical (unpaired) electrons. The van der Waals surface area contributed by atoms with Gasteiger partial charge < -0.3 is 9.64 Å². The van der Waals surface area contributed by atoms with Crippen LogP contribution in [0.4, 0.5) is 11.4 Å². The lowest BCUT2D eigenvalue weighted by Gasteiger charge is -2.23. The molecule has 0 aliphatic rings. The third kappa shape index (κ3) is 4.70. The fraction of sp³-hybridized carbons (Fsp3) is 0.0800. The largest absolute Gasteiger partial charge is 0.492 e. The van der Waals surface area contributed by atoms with Crippen molar-refractivity contribution in [2.75, 3.05) is 18.1 Å². The summed E-state index contributed by atoms with van der Waals surface area (Å²) in [6.07, 6.45) is 0. The molecule has 1 amide bonds. The van der Waals surface area contributed by atoms with Gasteiger partial charge in [0.15, 0.2) is 0 Å². The molecule has 31 heavy (non-hydrogen) atoms. The molecule has 154 valence electrons. The number of nitrogens with zero attached hydrogens (tertiary/aromatic N) is 2. The van der Waals surface area contributed by atoms with Crippen LogP contribution in [0.25, 0.3) is 10.8 Å². The zero-order valence-electron chi connectivity index (χ0n) is 16.7. The van der Waals surface area contributed by atoms with E-state index in [4.69, 9.17) is 4.74 Å². The molecular weight excluding hydrogens is 392 g/mol. The van der Waals surface area contributed by atoms with Crippen molar-refractivity contribution in [1.29, 1.82) is 0 Å². The Labute approximate surface area is 179 Å². The number of nitro groups is 1. The lowest BCUT2D eigenvalue weighted by Crippen LogP contribution is -2.34. The first kappa shape index (κ1) is 20.1. The van der Waals surface area contributed by atoms with Crippen LogP contribution < -0.4 is 9.64 Å². The summed E-state index contributed by atoms with van der Waals surface area (Å²) in [5.74, 6) is 0.388. The topological polar surface area (TPSA) is 72.7 Å². The predicted molar refractivity (Wildman–Crippen MR) is 121 cm³/mol. The summed E-state index contributed by atoms with van der Waals surface area (Å²) in [7, 11) is 0. The van der Waals surface area contributed by atoms with E-state index in [-0.39, 0.29) is 30.3 Å². The number of amides is 1. The van der Waals surface area contributed by atoms with Crippen molar-refractivity contribution < 1.29 is 14.5 Å². The summed E-state index contributed by atoms with van der Waals surface area (Å²) in [6, 6.07) is 28.8. The van der Waals surface area contributed by atoms with Crippen LogP contribution in [-0.4, -0.2) is 24.0 Å². The van der Waals surface area contributed by atoms with Gasteiger partial charge in [-0.1, -0.05) is 54.6 Å². The summed E-state index contributed by atoms with van der Waals surface area (Å²) < 4.78 is 5.79. The molecule has 0 spiro atoms. The van der Waals surface area contributed by atoms with E-state index in [1.165, 1.54) is 18.2 Å². The normalized spacial score (nSPS) is 10.6. The van der Waals surface area contributed by atoms with Crippen molar-refractivity contribution in [3.63, 3.8) is 0 Å². The molecular formula is C25H20N2O4. The molecule has 6 heteroatoms. The SMILES string of the molecule is O=C(c1cccc([N+](=O)[O-])c1)N(CCOc1ccccc1)c1ccc2ccccc2c1. The highest BCUT2D eigenvalue weighted by molar-refractivity contribution is 6.07. The van der Waals surface area contributed by atoms with Gasteiger partial charge >= 0.3 is 0 Å². The van der Waals surface area contributed by atoms with Crippen molar-refractivity contribution >= 4 is 28.1 Å². The zero-order valence-corrected chi connectivity index (χ0v) is 16.7. The molecule has 0 aromatic heterocycles. The Hall–Kier alpha value is -4.19. The van der Waals surface area contributed by atoms with Crippen molar-refractivity contribution in [3.05, 3.63) is 113 Å². The van der Waals surface area contributed by atoms with Crippen LogP contribution in [0.3, 0.4) is 0 Å². The van der Waals surface area contributed by atoms with Gasteiger partial charge in [0.05, 0.1) is 11.5 Å². The molecule has 0 bridgehead atoms. The van der Waals surface area contributed by atoms with Crippen LogP contribution in [0.1, 0.15) is 10.4 Å². The van der Waals surface area contributed by atoms with Crippen LogP contribution in [0.2, 0.25) is 0 Å². The van der Waals surface area contributed by atoms with E-state index in [0.29, 0.717) is 11.4 Å². The Morgan fingerprint density at radius 1 is 0.839 bits per heavy atom. The molecule has 6 nitrogen and oxygen atoms in total. The van der Waals surface area contributed by atoms with Gasteiger partial charge in [-0.2, -0.15) is 0 Å². The van der Waals surface area contributed by atoms with Crippen LogP contribution in [-0.2, 0) is 0 Å². The van der Waals surface area contributed by atoms with Gasteiger partial charge in [0.1, 0.15) is 12.4 Å². The van der Waals surface area contributed by atoms with Crippen molar-refractivity contribution in [2.24, 2.45) is 0 Å². The monoisotopic (exact) mass is 412 g/mol. The minimum absolute atomic E-state index is 0.121. The smallest absolute Gasteiger partial charge is 0.270 e. The molecule has 4 rings (SSSR count). The summed E-state index contributed by atoms with van der Waals surface area (Å²) >= 11 is 0. The third-order valence-electron chi connectivity index (χ3n) is 4.92. The minimum Gasteiger partial charge on any atom is -0.492 e. The van der Waals surface area contributed by atoms with E-state index in [9.17, 15) is 14.9 Å². The maximum absolute atomic E-state index is 13.3. The first-order chi connectivity index (χ1) is 15.1. The first-order valence-electron chi connectivity index (χ1n) is 9.85. The number of hydrogen-bond acceptors (Lipinski definition) is 4. The highest BCUT2D eigenvalue weighted by Gasteiger charge is 2.20. The van der Waals surface area contributed by atoms with E-state index >= 15 is 0 Å². The fourth-order valence-electron chi connectivity index (χ4n) is 3.37. The van der Waals surface area contributed by atoms with Gasteiger partial charge in [0.25, 0.3) is 11.6 Å². The van der Waals surface area contributed by atoms with Crippen LogP contribution >= 0.6 is 0 Å². The maximum Gasteiger partial charge on any atom is 0.270 e. The number of anilines is 1. The van der Waals surface area contributed by atoms with Crippen molar-refractivity contribution in [3.8, 4) is 5.75 Å². The molecule has 0 unspecified atom stereocenters. The number of non-ortho nitro benzene ring substituents is 1. The average molecular weight is 412 g/mol. The maximum atomic E-state index is 13.3. The predicted octanol–water partition coefficient (Wildman–Crippen LogP) is 5.47. The van der Waals surface area contributed by atoms with Gasteiger partial charge in [-0.05, 0) is 41.1 Å². The van der Waals surface area contributed by atoms with Gasteiger partial charge in [-0.15, -0.1) is 0 Å². The van der Waals surface area contributed by atoms with Crippen molar-refractivity contribution in [2.45, 2.75) is 0 Å². The Balaban J connectivity index is 1.64. The molecule has 0 fully saturated rings. The number of hydrogen-bond donors (Lipinski definition) is 0. The third-order valence-corrected chi connectivity index (χ3v) is 4.92. The standard InChI is InChI=1S/C25H20N2O4/c28-25(21-9-6-10-23(18-21)27(29)30)26(15-16-31-24-11-2-1-3-12-24)22-14-13-19-7-4-5-8-20(19)17-22/h1-14,17-18H,15-16H2. The highest BCUT2D eigenvalue weighted by atomic mass is 16.6. The molecule has 0 saturated carbocycles. The number of ether oxygens (including phenoxy) is 1. The Morgan fingerprint density at radius 3 is 2.35 bits per heavy atom. The molecule has 0 saturated heterocycles. The van der Waals surface area contributed by atoms with E-state index in [0.717, 1.165) is 10.8 Å².